The lowest BCUT2D eigenvalue weighted by Gasteiger charge is -2.08. The average Bonchev–Trinajstić information content (AvgIpc) is 2.59. The minimum atomic E-state index is -4.62. The quantitative estimate of drug-likeness (QED) is 0.178. The van der Waals surface area contributed by atoms with Crippen LogP contribution < -0.4 is 11.5 Å². The number of hydrogen-bond acceptors (Lipinski definition) is 12. The molecule has 1 heterocycles. The van der Waals surface area contributed by atoms with E-state index >= 15 is 0 Å². The van der Waals surface area contributed by atoms with Gasteiger partial charge in [0.15, 0.2) is 5.82 Å². The molecule has 2 rings (SSSR count). The number of benzene rings is 1. The van der Waals surface area contributed by atoms with Crippen LogP contribution in [0.4, 0.5) is 23.0 Å². The van der Waals surface area contributed by atoms with Crippen LogP contribution >= 0.6 is 12.0 Å². The van der Waals surface area contributed by atoms with Crippen LogP contribution in [0.5, 0.6) is 0 Å². The molecule has 0 unspecified atom stereocenters. The van der Waals surface area contributed by atoms with Crippen LogP contribution in [0.3, 0.4) is 0 Å². The summed E-state index contributed by atoms with van der Waals surface area (Å²) in [7, 11) is -4.62. The van der Waals surface area contributed by atoms with Gasteiger partial charge in [-0.2, -0.15) is 13.7 Å². The number of nitrogens with zero attached hydrogens (tertiary/aromatic N) is 4. The molecule has 0 aliphatic heterocycles. The molecule has 0 saturated carbocycles. The van der Waals surface area contributed by atoms with Crippen molar-refractivity contribution in [1.29, 1.82) is 5.26 Å². The van der Waals surface area contributed by atoms with Gasteiger partial charge in [-0.15, -0.1) is 14.6 Å². The number of anilines is 2. The number of azo groups is 1. The van der Waals surface area contributed by atoms with Crippen molar-refractivity contribution in [3.63, 3.8) is 0 Å². The maximum atomic E-state index is 11.5. The van der Waals surface area contributed by atoms with Gasteiger partial charge in [0.2, 0.25) is 0 Å². The van der Waals surface area contributed by atoms with Crippen molar-refractivity contribution in [3.8, 4) is 6.07 Å². The molecule has 0 spiro atoms. The van der Waals surface area contributed by atoms with Crippen LogP contribution in [0.15, 0.2) is 38.2 Å². The first-order valence-electron chi connectivity index (χ1n) is 6.82. The van der Waals surface area contributed by atoms with Crippen molar-refractivity contribution in [1.82, 2.24) is 4.98 Å². The Labute approximate surface area is 157 Å². The Bertz CT molecular complexity index is 1050. The lowest BCUT2D eigenvalue weighted by atomic mass is 10.1. The van der Waals surface area contributed by atoms with E-state index in [0.29, 0.717) is 17.6 Å². The van der Waals surface area contributed by atoms with Gasteiger partial charge in [0.1, 0.15) is 28.2 Å². The molecule has 0 radical (unpaired) electrons. The number of nitrogens with two attached hydrogens (primary N) is 2. The Balaban J connectivity index is 2.57. The molecule has 12 nitrogen and oxygen atoms in total. The van der Waals surface area contributed by atoms with E-state index in [1.165, 1.54) is 19.1 Å². The van der Waals surface area contributed by atoms with Gasteiger partial charge in [-0.1, -0.05) is 5.04 Å². The monoisotopic (exact) mass is 412 g/mol. The van der Waals surface area contributed by atoms with E-state index in [0.717, 1.165) is 6.07 Å². The second kappa shape index (κ2) is 8.26. The third kappa shape index (κ3) is 4.68. The summed E-state index contributed by atoms with van der Waals surface area (Å²) in [4.78, 5) is 3.52. The summed E-state index contributed by atoms with van der Waals surface area (Å²) in [6, 6.07) is 5.37. The highest BCUT2D eigenvalue weighted by Crippen LogP contribution is 2.35. The van der Waals surface area contributed by atoms with E-state index in [1.807, 2.05) is 6.07 Å². The van der Waals surface area contributed by atoms with Crippen molar-refractivity contribution in [2.75, 3.05) is 11.5 Å². The highest BCUT2D eigenvalue weighted by atomic mass is 32.2. The first kappa shape index (κ1) is 20.5. The first-order valence-corrected chi connectivity index (χ1v) is 9.01. The Morgan fingerprint density at radius 1 is 1.30 bits per heavy atom. The molecule has 1 aromatic carbocycles. The fourth-order valence-corrected chi connectivity index (χ4v) is 3.01. The lowest BCUT2D eigenvalue weighted by molar-refractivity contribution is -0.432. The molecule has 0 aliphatic carbocycles. The second-order valence-electron chi connectivity index (χ2n) is 4.87. The number of nitrogen functional groups attached to an aromatic ring is 2. The molecule has 0 fully saturated rings. The largest absolute Gasteiger partial charge is 0.383 e. The molecular weight excluding hydrogens is 400 g/mol. The van der Waals surface area contributed by atoms with E-state index in [9.17, 15) is 13.0 Å². The molecule has 6 N–H and O–H groups in total. The van der Waals surface area contributed by atoms with E-state index in [1.54, 1.807) is 0 Å². The van der Waals surface area contributed by atoms with Crippen molar-refractivity contribution in [2.24, 2.45) is 10.2 Å². The zero-order valence-electron chi connectivity index (χ0n) is 13.5. The van der Waals surface area contributed by atoms with Gasteiger partial charge >= 0.3 is 0 Å². The number of pyridine rings is 1. The fraction of sp³-hybridized carbons (Fsp3) is 0.0769. The van der Waals surface area contributed by atoms with Crippen molar-refractivity contribution < 1.29 is 27.6 Å². The third-order valence-electron chi connectivity index (χ3n) is 3.21. The van der Waals surface area contributed by atoms with E-state index in [4.69, 9.17) is 22.0 Å². The van der Waals surface area contributed by atoms with Crippen molar-refractivity contribution in [3.05, 3.63) is 29.3 Å². The number of aromatic nitrogens is 1. The molecule has 1 aromatic heterocycles. The highest BCUT2D eigenvalue weighted by Gasteiger charge is 2.18. The molecule has 0 aliphatic rings. The van der Waals surface area contributed by atoms with Crippen LogP contribution in [0.1, 0.15) is 11.1 Å². The summed E-state index contributed by atoms with van der Waals surface area (Å²) in [5.74, 6) is -0.201. The normalized spacial score (nSPS) is 11.6. The van der Waals surface area contributed by atoms with Crippen LogP contribution in [0.2, 0.25) is 0 Å². The molecule has 0 atom stereocenters. The third-order valence-corrected chi connectivity index (χ3v) is 4.68. The van der Waals surface area contributed by atoms with Crippen LogP contribution in [-0.2, 0) is 19.5 Å². The Hall–Kier alpha value is -2.80. The zero-order valence-corrected chi connectivity index (χ0v) is 15.2. The van der Waals surface area contributed by atoms with Crippen molar-refractivity contribution in [2.45, 2.75) is 16.7 Å². The molecule has 2 aromatic rings. The lowest BCUT2D eigenvalue weighted by Crippen LogP contribution is -2.02. The Morgan fingerprint density at radius 3 is 2.59 bits per heavy atom. The summed E-state index contributed by atoms with van der Waals surface area (Å²) in [6.45, 7) is 1.52. The molecule has 27 heavy (non-hydrogen) atoms. The summed E-state index contributed by atoms with van der Waals surface area (Å²) in [6.07, 6.45) is 0. The SMILES string of the molecule is Cc1c(C#N)c(N)nc(N)c1N=Nc1cc(SOOO)ccc1S(=O)(=O)O. The number of nitriles is 1. The topological polar surface area (TPSA) is 206 Å². The summed E-state index contributed by atoms with van der Waals surface area (Å²) in [5.41, 5.74) is 11.4. The second-order valence-corrected chi connectivity index (χ2v) is 7.04. The van der Waals surface area contributed by atoms with Gasteiger partial charge in [0.25, 0.3) is 10.1 Å². The number of rotatable bonds is 6. The minimum Gasteiger partial charge on any atom is -0.383 e. The predicted octanol–water partition coefficient (Wildman–Crippen LogP) is 2.52. The highest BCUT2D eigenvalue weighted by molar-refractivity contribution is 7.94. The summed E-state index contributed by atoms with van der Waals surface area (Å²) < 4.78 is 36.6. The van der Waals surface area contributed by atoms with Gasteiger partial charge in [0.05, 0.1) is 17.6 Å². The molecule has 14 heteroatoms. The standard InChI is InChI=1S/C13H12N6O6S2/c1-6-8(5-14)12(15)17-13(16)11(6)19-18-9-4-7(26-25-24-20)2-3-10(9)27(21,22)23/h2-4,20H,1H3,(H4,15,16,17)(H,21,22,23). The summed E-state index contributed by atoms with van der Waals surface area (Å²) >= 11 is 0.543. The maximum absolute atomic E-state index is 11.5. The number of hydrogen-bond donors (Lipinski definition) is 4. The van der Waals surface area contributed by atoms with Gasteiger partial charge in [0, 0.05) is 10.5 Å². The van der Waals surface area contributed by atoms with Crippen LogP contribution in [0.25, 0.3) is 0 Å². The van der Waals surface area contributed by atoms with E-state index in [-0.39, 0.29) is 33.5 Å². The predicted molar refractivity (Wildman–Crippen MR) is 93.6 cm³/mol. The maximum Gasteiger partial charge on any atom is 0.296 e. The van der Waals surface area contributed by atoms with Gasteiger partial charge in [-0.05, 0) is 25.1 Å². The van der Waals surface area contributed by atoms with Gasteiger partial charge < -0.3 is 11.5 Å². The Kier molecular flexibility index (Phi) is 6.28. The molecular formula is C13H12N6O6S2. The van der Waals surface area contributed by atoms with Crippen LogP contribution in [0, 0.1) is 18.3 Å². The van der Waals surface area contributed by atoms with E-state index in [2.05, 4.69) is 24.6 Å². The molecule has 142 valence electrons. The fourth-order valence-electron chi connectivity index (χ4n) is 2.01. The zero-order chi connectivity index (χ0) is 20.2. The molecule has 0 bridgehead atoms. The van der Waals surface area contributed by atoms with Crippen LogP contribution in [-0.4, -0.2) is 23.2 Å². The average molecular weight is 412 g/mol. The van der Waals surface area contributed by atoms with Gasteiger partial charge in [-0.25, -0.2) is 10.2 Å². The van der Waals surface area contributed by atoms with Crippen molar-refractivity contribution >= 4 is 45.2 Å². The summed E-state index contributed by atoms with van der Waals surface area (Å²) in [5, 5.41) is 28.4. The van der Waals surface area contributed by atoms with Gasteiger partial charge in [-0.3, -0.25) is 4.55 Å². The van der Waals surface area contributed by atoms with E-state index < -0.39 is 15.0 Å². The molecule has 0 amide bonds. The minimum absolute atomic E-state index is 0.00929. The Morgan fingerprint density at radius 2 is 2.00 bits per heavy atom. The molecule has 0 saturated heterocycles. The smallest absolute Gasteiger partial charge is 0.296 e. The first-order chi connectivity index (χ1) is 12.7.